The van der Waals surface area contributed by atoms with Gasteiger partial charge >= 0.3 is 0 Å². The van der Waals surface area contributed by atoms with Gasteiger partial charge in [0.2, 0.25) is 0 Å². The highest BCUT2D eigenvalue weighted by Crippen LogP contribution is 2.37. The Labute approximate surface area is 181 Å². The Bertz CT molecular complexity index is 1070. The van der Waals surface area contributed by atoms with Crippen LogP contribution in [0.1, 0.15) is 43.5 Å². The standard InChI is InChI=1S/C22H21N3O4.C2H6/c26-20-13-17-14(4-9-19(24-29)21(17)27)12-18(20)22(28)23-15-5-7-16(8-6-15)25-10-2-1-3-11-25;1-2/h4-9,12-13,26-27H,1-3,10-11H2,(H,23,28);1-2H3. The van der Waals surface area contributed by atoms with Gasteiger partial charge in [0.05, 0.1) is 5.56 Å². The van der Waals surface area contributed by atoms with E-state index in [9.17, 15) is 19.9 Å². The van der Waals surface area contributed by atoms with Crippen LogP contribution in [0, 0.1) is 4.91 Å². The summed E-state index contributed by atoms with van der Waals surface area (Å²) in [5.41, 5.74) is 1.71. The van der Waals surface area contributed by atoms with Crippen LogP contribution < -0.4 is 10.2 Å². The van der Waals surface area contributed by atoms with E-state index in [0.717, 1.165) is 18.8 Å². The maximum Gasteiger partial charge on any atom is 0.259 e. The molecule has 3 aromatic rings. The molecule has 0 bridgehead atoms. The number of carbonyl (C=O) groups excluding carboxylic acids is 1. The van der Waals surface area contributed by atoms with Crippen LogP contribution in [0.15, 0.2) is 53.7 Å². The molecule has 1 aliphatic heterocycles. The van der Waals surface area contributed by atoms with Crippen LogP contribution >= 0.6 is 0 Å². The summed E-state index contributed by atoms with van der Waals surface area (Å²) in [6, 6.07) is 13.3. The molecule has 4 rings (SSSR count). The van der Waals surface area contributed by atoms with Crippen molar-refractivity contribution in [3.05, 3.63) is 59.0 Å². The van der Waals surface area contributed by atoms with E-state index < -0.39 is 5.91 Å². The largest absolute Gasteiger partial charge is 0.507 e. The molecule has 1 heterocycles. The van der Waals surface area contributed by atoms with E-state index in [2.05, 4.69) is 15.4 Å². The van der Waals surface area contributed by atoms with Crippen molar-refractivity contribution in [3.8, 4) is 11.5 Å². The summed E-state index contributed by atoms with van der Waals surface area (Å²) in [5.74, 6) is -1.08. The van der Waals surface area contributed by atoms with Crippen LogP contribution in [0.3, 0.4) is 0 Å². The van der Waals surface area contributed by atoms with Crippen molar-refractivity contribution in [2.45, 2.75) is 33.1 Å². The first-order valence-corrected chi connectivity index (χ1v) is 10.6. The molecule has 0 radical (unpaired) electrons. The van der Waals surface area contributed by atoms with Gasteiger partial charge in [-0.1, -0.05) is 19.9 Å². The number of nitroso groups, excluding NO2 is 1. The van der Waals surface area contributed by atoms with Crippen LogP contribution in [-0.2, 0) is 0 Å². The molecular weight excluding hydrogens is 394 g/mol. The predicted octanol–water partition coefficient (Wildman–Crippen LogP) is 5.92. The molecule has 0 saturated carbocycles. The first-order valence-electron chi connectivity index (χ1n) is 10.6. The quantitative estimate of drug-likeness (QED) is 0.454. The van der Waals surface area contributed by atoms with Crippen molar-refractivity contribution < 1.29 is 15.0 Å². The van der Waals surface area contributed by atoms with Crippen molar-refractivity contribution in [2.24, 2.45) is 5.18 Å². The fourth-order valence-electron chi connectivity index (χ4n) is 3.70. The van der Waals surface area contributed by atoms with E-state index >= 15 is 0 Å². The second kappa shape index (κ2) is 9.93. The van der Waals surface area contributed by atoms with Crippen LogP contribution in [-0.4, -0.2) is 29.2 Å². The molecule has 1 saturated heterocycles. The molecule has 3 N–H and O–H groups in total. The number of carbonyl (C=O) groups is 1. The van der Waals surface area contributed by atoms with Gasteiger partial charge in [-0.3, -0.25) is 4.79 Å². The Morgan fingerprint density at radius 3 is 2.29 bits per heavy atom. The van der Waals surface area contributed by atoms with Crippen LogP contribution in [0.2, 0.25) is 0 Å². The SMILES string of the molecule is CC.O=Nc1ccc2cc(C(=O)Nc3ccc(N4CCCCC4)cc3)c(O)cc2c1O. The number of phenols is 2. The smallest absolute Gasteiger partial charge is 0.259 e. The van der Waals surface area contributed by atoms with Crippen LogP contribution in [0.5, 0.6) is 11.5 Å². The van der Waals surface area contributed by atoms with Crippen molar-refractivity contribution in [3.63, 3.8) is 0 Å². The third kappa shape index (κ3) is 4.77. The lowest BCUT2D eigenvalue weighted by Gasteiger charge is -2.28. The van der Waals surface area contributed by atoms with Crippen LogP contribution in [0.25, 0.3) is 10.8 Å². The molecule has 31 heavy (non-hydrogen) atoms. The zero-order chi connectivity index (χ0) is 22.4. The third-order valence-corrected chi connectivity index (χ3v) is 5.28. The maximum absolute atomic E-state index is 12.7. The van der Waals surface area contributed by atoms with E-state index in [0.29, 0.717) is 11.1 Å². The number of nitrogens with one attached hydrogen (secondary N) is 1. The van der Waals surface area contributed by atoms with Crippen molar-refractivity contribution >= 4 is 33.7 Å². The zero-order valence-corrected chi connectivity index (χ0v) is 17.8. The highest BCUT2D eigenvalue weighted by Gasteiger charge is 2.16. The molecule has 0 spiro atoms. The Balaban J connectivity index is 0.00000132. The molecule has 0 aliphatic carbocycles. The molecule has 1 fully saturated rings. The second-order valence-corrected chi connectivity index (χ2v) is 7.16. The molecular formula is C24H27N3O4. The highest BCUT2D eigenvalue weighted by atomic mass is 16.3. The lowest BCUT2D eigenvalue weighted by atomic mass is 10.0. The molecule has 1 aliphatic rings. The van der Waals surface area contributed by atoms with E-state index in [1.807, 2.05) is 38.1 Å². The minimum atomic E-state index is -0.466. The number of piperidine rings is 1. The third-order valence-electron chi connectivity index (χ3n) is 5.28. The fraction of sp³-hybridized carbons (Fsp3) is 0.292. The van der Waals surface area contributed by atoms with Gasteiger partial charge in [0.25, 0.3) is 5.91 Å². The number of benzene rings is 3. The average Bonchev–Trinajstić information content (AvgIpc) is 2.82. The number of nitrogens with zero attached hydrogens (tertiary/aromatic N) is 2. The number of rotatable bonds is 4. The van der Waals surface area contributed by atoms with E-state index in [1.54, 1.807) is 6.07 Å². The monoisotopic (exact) mass is 421 g/mol. The lowest BCUT2D eigenvalue weighted by molar-refractivity contribution is 0.102. The zero-order valence-electron chi connectivity index (χ0n) is 17.8. The molecule has 0 atom stereocenters. The molecule has 1 amide bonds. The van der Waals surface area contributed by atoms with Gasteiger partial charge in [0.1, 0.15) is 11.4 Å². The number of hydrogen-bond donors (Lipinski definition) is 3. The summed E-state index contributed by atoms with van der Waals surface area (Å²) in [7, 11) is 0. The summed E-state index contributed by atoms with van der Waals surface area (Å²) < 4.78 is 0. The van der Waals surface area contributed by atoms with E-state index in [1.165, 1.54) is 37.5 Å². The summed E-state index contributed by atoms with van der Waals surface area (Å²) >= 11 is 0. The Kier molecular flexibility index (Phi) is 7.07. The molecule has 162 valence electrons. The number of amides is 1. The van der Waals surface area contributed by atoms with Gasteiger partial charge in [-0.25, -0.2) is 0 Å². The van der Waals surface area contributed by atoms with Gasteiger partial charge in [-0.2, -0.15) is 0 Å². The number of fused-ring (bicyclic) bond motifs is 1. The van der Waals surface area contributed by atoms with Gasteiger partial charge < -0.3 is 20.4 Å². The topological polar surface area (TPSA) is 102 Å². The number of anilines is 2. The lowest BCUT2D eigenvalue weighted by Crippen LogP contribution is -2.29. The normalized spacial score (nSPS) is 13.3. The second-order valence-electron chi connectivity index (χ2n) is 7.16. The minimum Gasteiger partial charge on any atom is -0.507 e. The van der Waals surface area contributed by atoms with Gasteiger partial charge in [-0.05, 0) is 72.3 Å². The molecule has 7 nitrogen and oxygen atoms in total. The summed E-state index contributed by atoms with van der Waals surface area (Å²) in [4.78, 5) is 25.7. The Hall–Kier alpha value is -3.61. The molecule has 0 aromatic heterocycles. The predicted molar refractivity (Wildman–Crippen MR) is 125 cm³/mol. The van der Waals surface area contributed by atoms with Crippen molar-refractivity contribution in [1.29, 1.82) is 0 Å². The fourth-order valence-corrected chi connectivity index (χ4v) is 3.70. The maximum atomic E-state index is 12.7. The molecule has 7 heteroatoms. The summed E-state index contributed by atoms with van der Waals surface area (Å²) in [6.07, 6.45) is 3.66. The number of hydrogen-bond acceptors (Lipinski definition) is 6. The van der Waals surface area contributed by atoms with Gasteiger partial charge in [0, 0.05) is 29.9 Å². The van der Waals surface area contributed by atoms with Crippen LogP contribution in [0.4, 0.5) is 17.1 Å². The molecule has 0 unspecified atom stereocenters. The Morgan fingerprint density at radius 1 is 0.968 bits per heavy atom. The summed E-state index contributed by atoms with van der Waals surface area (Å²) in [5, 5.41) is 26.6. The van der Waals surface area contributed by atoms with E-state index in [4.69, 9.17) is 0 Å². The number of phenolic OH excluding ortho intramolecular Hbond substituents is 2. The average molecular weight is 421 g/mol. The first-order chi connectivity index (χ1) is 15.1. The minimum absolute atomic E-state index is 0.0730. The van der Waals surface area contributed by atoms with Crippen molar-refractivity contribution in [2.75, 3.05) is 23.3 Å². The van der Waals surface area contributed by atoms with E-state index in [-0.39, 0.29) is 28.1 Å². The van der Waals surface area contributed by atoms with Gasteiger partial charge in [-0.15, -0.1) is 4.91 Å². The first kappa shape index (κ1) is 22.1. The summed E-state index contributed by atoms with van der Waals surface area (Å²) in [6.45, 7) is 6.09. The molecule has 3 aromatic carbocycles. The van der Waals surface area contributed by atoms with Gasteiger partial charge in [0.15, 0.2) is 5.75 Å². The number of aromatic hydroxyl groups is 2. The Morgan fingerprint density at radius 2 is 1.65 bits per heavy atom. The highest BCUT2D eigenvalue weighted by molar-refractivity contribution is 6.09. The van der Waals surface area contributed by atoms with Crippen molar-refractivity contribution in [1.82, 2.24) is 0 Å².